The van der Waals surface area contributed by atoms with Crippen molar-refractivity contribution < 1.29 is 4.42 Å². The fourth-order valence-corrected chi connectivity index (χ4v) is 2.35. The average Bonchev–Trinajstić information content (AvgIpc) is 2.78. The molecular formula is C13H22N2O. The second-order valence-electron chi connectivity index (χ2n) is 4.82. The summed E-state index contributed by atoms with van der Waals surface area (Å²) < 4.78 is 5.36. The molecule has 2 unspecified atom stereocenters. The van der Waals surface area contributed by atoms with Crippen LogP contribution in [0.5, 0.6) is 0 Å². The molecule has 3 nitrogen and oxygen atoms in total. The van der Waals surface area contributed by atoms with E-state index in [4.69, 9.17) is 4.42 Å². The van der Waals surface area contributed by atoms with Gasteiger partial charge in [-0.25, -0.2) is 0 Å². The Balaban J connectivity index is 1.76. The lowest BCUT2D eigenvalue weighted by atomic mass is 10.1. The third kappa shape index (κ3) is 3.09. The van der Waals surface area contributed by atoms with Crippen molar-refractivity contribution in [2.75, 3.05) is 19.6 Å². The van der Waals surface area contributed by atoms with Gasteiger partial charge >= 0.3 is 0 Å². The van der Waals surface area contributed by atoms with Gasteiger partial charge in [-0.15, -0.1) is 0 Å². The van der Waals surface area contributed by atoms with Crippen molar-refractivity contribution >= 4 is 0 Å². The quantitative estimate of drug-likeness (QED) is 0.843. The van der Waals surface area contributed by atoms with E-state index < -0.39 is 0 Å². The standard InChI is InChI=1S/C13H22N2O/c1-11-10-15(8-7-14-11)12(2)5-6-13-4-3-9-16-13/h3-4,9,11-12,14H,5-8,10H2,1-2H3. The summed E-state index contributed by atoms with van der Waals surface area (Å²) >= 11 is 0. The van der Waals surface area contributed by atoms with Crippen LogP contribution in [-0.2, 0) is 6.42 Å². The van der Waals surface area contributed by atoms with E-state index in [-0.39, 0.29) is 0 Å². The van der Waals surface area contributed by atoms with Crippen LogP contribution in [0.1, 0.15) is 26.0 Å². The van der Waals surface area contributed by atoms with E-state index >= 15 is 0 Å². The molecule has 90 valence electrons. The molecule has 1 aliphatic rings. The highest BCUT2D eigenvalue weighted by Gasteiger charge is 2.20. The Morgan fingerprint density at radius 1 is 1.62 bits per heavy atom. The molecule has 0 spiro atoms. The molecule has 1 saturated heterocycles. The number of furan rings is 1. The molecule has 0 aliphatic carbocycles. The van der Waals surface area contributed by atoms with Crippen LogP contribution in [0.3, 0.4) is 0 Å². The molecule has 1 N–H and O–H groups in total. The van der Waals surface area contributed by atoms with Gasteiger partial charge in [0.15, 0.2) is 0 Å². The molecule has 0 saturated carbocycles. The van der Waals surface area contributed by atoms with E-state index in [9.17, 15) is 0 Å². The lowest BCUT2D eigenvalue weighted by molar-refractivity contribution is 0.150. The summed E-state index contributed by atoms with van der Waals surface area (Å²) in [5, 5.41) is 3.48. The zero-order chi connectivity index (χ0) is 11.4. The first-order chi connectivity index (χ1) is 7.75. The summed E-state index contributed by atoms with van der Waals surface area (Å²) in [6.45, 7) is 8.03. The molecule has 1 fully saturated rings. The predicted molar refractivity (Wildman–Crippen MR) is 65.5 cm³/mol. The monoisotopic (exact) mass is 222 g/mol. The minimum atomic E-state index is 0.625. The van der Waals surface area contributed by atoms with Gasteiger partial charge in [-0.3, -0.25) is 4.90 Å². The first kappa shape index (κ1) is 11.7. The molecule has 3 heteroatoms. The van der Waals surface area contributed by atoms with Crippen molar-refractivity contribution in [2.24, 2.45) is 0 Å². The van der Waals surface area contributed by atoms with Gasteiger partial charge in [-0.05, 0) is 32.4 Å². The second kappa shape index (κ2) is 5.51. The third-order valence-corrected chi connectivity index (χ3v) is 3.41. The van der Waals surface area contributed by atoms with Crippen molar-refractivity contribution in [3.05, 3.63) is 24.2 Å². The van der Waals surface area contributed by atoms with E-state index in [2.05, 4.69) is 30.1 Å². The first-order valence-corrected chi connectivity index (χ1v) is 6.25. The maximum Gasteiger partial charge on any atom is 0.103 e. The third-order valence-electron chi connectivity index (χ3n) is 3.41. The lowest BCUT2D eigenvalue weighted by Gasteiger charge is -2.36. The van der Waals surface area contributed by atoms with E-state index in [1.165, 1.54) is 19.5 Å². The van der Waals surface area contributed by atoms with E-state index in [0.29, 0.717) is 12.1 Å². The smallest absolute Gasteiger partial charge is 0.103 e. The molecular weight excluding hydrogens is 200 g/mol. The first-order valence-electron chi connectivity index (χ1n) is 6.25. The average molecular weight is 222 g/mol. The lowest BCUT2D eigenvalue weighted by Crippen LogP contribution is -2.52. The number of nitrogens with zero attached hydrogens (tertiary/aromatic N) is 1. The van der Waals surface area contributed by atoms with E-state index in [0.717, 1.165) is 18.7 Å². The minimum absolute atomic E-state index is 0.625. The number of piperazine rings is 1. The molecule has 2 heterocycles. The van der Waals surface area contributed by atoms with Gasteiger partial charge in [0.05, 0.1) is 6.26 Å². The summed E-state index contributed by atoms with van der Waals surface area (Å²) in [5.74, 6) is 1.11. The molecule has 0 aromatic carbocycles. The molecule has 0 amide bonds. The van der Waals surface area contributed by atoms with Crippen LogP contribution in [0.15, 0.2) is 22.8 Å². The van der Waals surface area contributed by atoms with Crippen LogP contribution in [0.2, 0.25) is 0 Å². The molecule has 2 rings (SSSR count). The minimum Gasteiger partial charge on any atom is -0.469 e. The van der Waals surface area contributed by atoms with Gasteiger partial charge in [0, 0.05) is 38.1 Å². The van der Waals surface area contributed by atoms with Gasteiger partial charge in [0.25, 0.3) is 0 Å². The Kier molecular flexibility index (Phi) is 4.02. The molecule has 1 aromatic heterocycles. The summed E-state index contributed by atoms with van der Waals surface area (Å²) in [6.07, 6.45) is 3.99. The van der Waals surface area contributed by atoms with Gasteiger partial charge in [0.1, 0.15) is 5.76 Å². The Bertz CT molecular complexity index is 297. The van der Waals surface area contributed by atoms with Crippen LogP contribution in [0, 0.1) is 0 Å². The zero-order valence-corrected chi connectivity index (χ0v) is 10.3. The highest BCUT2D eigenvalue weighted by atomic mass is 16.3. The van der Waals surface area contributed by atoms with Gasteiger partial charge < -0.3 is 9.73 Å². The summed E-state index contributed by atoms with van der Waals surface area (Å²) in [4.78, 5) is 2.57. The fourth-order valence-electron chi connectivity index (χ4n) is 2.35. The van der Waals surface area contributed by atoms with E-state index in [1.54, 1.807) is 6.26 Å². The number of nitrogens with one attached hydrogen (secondary N) is 1. The predicted octanol–water partition coefficient (Wildman–Crippen LogP) is 1.89. The van der Waals surface area contributed by atoms with Crippen molar-refractivity contribution in [1.82, 2.24) is 10.2 Å². The topological polar surface area (TPSA) is 28.4 Å². The molecule has 1 aliphatic heterocycles. The van der Waals surface area contributed by atoms with Gasteiger partial charge in [0.2, 0.25) is 0 Å². The SMILES string of the molecule is CC1CN(C(C)CCc2ccco2)CCN1. The highest BCUT2D eigenvalue weighted by molar-refractivity contribution is 4.98. The van der Waals surface area contributed by atoms with Crippen LogP contribution in [-0.4, -0.2) is 36.6 Å². The summed E-state index contributed by atoms with van der Waals surface area (Å²) in [6, 6.07) is 5.30. The molecule has 0 bridgehead atoms. The highest BCUT2D eigenvalue weighted by Crippen LogP contribution is 2.12. The Morgan fingerprint density at radius 3 is 3.19 bits per heavy atom. The maximum atomic E-state index is 5.36. The van der Waals surface area contributed by atoms with Crippen LogP contribution >= 0.6 is 0 Å². The summed E-state index contributed by atoms with van der Waals surface area (Å²) in [7, 11) is 0. The number of aryl methyl sites for hydroxylation is 1. The van der Waals surface area contributed by atoms with Crippen molar-refractivity contribution in [3.63, 3.8) is 0 Å². The van der Waals surface area contributed by atoms with Gasteiger partial charge in [-0.1, -0.05) is 0 Å². The van der Waals surface area contributed by atoms with Crippen molar-refractivity contribution in [3.8, 4) is 0 Å². The maximum absolute atomic E-state index is 5.36. The Labute approximate surface area is 97.8 Å². The molecule has 16 heavy (non-hydrogen) atoms. The second-order valence-corrected chi connectivity index (χ2v) is 4.82. The number of rotatable bonds is 4. The Morgan fingerprint density at radius 2 is 2.50 bits per heavy atom. The molecule has 1 aromatic rings. The molecule has 2 atom stereocenters. The normalized spacial score (nSPS) is 24.5. The van der Waals surface area contributed by atoms with Gasteiger partial charge in [-0.2, -0.15) is 0 Å². The molecule has 0 radical (unpaired) electrons. The largest absolute Gasteiger partial charge is 0.469 e. The summed E-state index contributed by atoms with van der Waals surface area (Å²) in [5.41, 5.74) is 0. The van der Waals surface area contributed by atoms with Crippen LogP contribution < -0.4 is 5.32 Å². The fraction of sp³-hybridized carbons (Fsp3) is 0.692. The van der Waals surface area contributed by atoms with Crippen molar-refractivity contribution in [2.45, 2.75) is 38.8 Å². The van der Waals surface area contributed by atoms with Crippen molar-refractivity contribution in [1.29, 1.82) is 0 Å². The number of hydrogen-bond acceptors (Lipinski definition) is 3. The van der Waals surface area contributed by atoms with Crippen LogP contribution in [0.25, 0.3) is 0 Å². The van der Waals surface area contributed by atoms with Crippen LogP contribution in [0.4, 0.5) is 0 Å². The number of hydrogen-bond donors (Lipinski definition) is 1. The Hall–Kier alpha value is -0.800. The van der Waals surface area contributed by atoms with E-state index in [1.807, 2.05) is 6.07 Å². The zero-order valence-electron chi connectivity index (χ0n) is 10.3.